The molecule has 4 N–H and O–H groups in total. The van der Waals surface area contributed by atoms with Crippen molar-refractivity contribution in [2.24, 2.45) is 5.92 Å². The van der Waals surface area contributed by atoms with E-state index >= 15 is 0 Å². The van der Waals surface area contributed by atoms with E-state index in [1.54, 1.807) is 0 Å². The summed E-state index contributed by atoms with van der Waals surface area (Å²) in [4.78, 5) is 6.44. The van der Waals surface area contributed by atoms with Gasteiger partial charge in [0.25, 0.3) is 0 Å². The van der Waals surface area contributed by atoms with Crippen LogP contribution in [-0.4, -0.2) is 27.7 Å². The van der Waals surface area contributed by atoms with Crippen molar-refractivity contribution < 1.29 is 18.3 Å². The molecule has 100 valence electrons. The second-order valence-corrected chi connectivity index (χ2v) is 4.29. The van der Waals surface area contributed by atoms with Gasteiger partial charge in [0.1, 0.15) is 11.6 Å². The average molecular weight is 262 g/mol. The normalized spacial score (nSPS) is 17.6. The largest absolute Gasteiger partial charge is 0.451 e. The zero-order valence-corrected chi connectivity index (χ0v) is 9.41. The van der Waals surface area contributed by atoms with Gasteiger partial charge in [-0.15, -0.1) is 0 Å². The van der Waals surface area contributed by atoms with Crippen molar-refractivity contribution in [1.82, 2.24) is 9.97 Å². The molecular weight excluding hydrogens is 249 g/mol. The topological polar surface area (TPSA) is 84.1 Å². The van der Waals surface area contributed by atoms with E-state index in [0.29, 0.717) is 0 Å². The van der Waals surface area contributed by atoms with Gasteiger partial charge >= 0.3 is 6.18 Å². The van der Waals surface area contributed by atoms with Crippen molar-refractivity contribution in [1.29, 1.82) is 0 Å². The quantitative estimate of drug-likeness (QED) is 0.760. The lowest BCUT2D eigenvalue weighted by molar-refractivity contribution is -0.144. The molecule has 0 amide bonds. The monoisotopic (exact) mass is 262 g/mol. The lowest BCUT2D eigenvalue weighted by atomic mass is 10.2. The fourth-order valence-electron chi connectivity index (χ4n) is 1.54. The number of nitrogen functional groups attached to an aromatic ring is 1. The van der Waals surface area contributed by atoms with Crippen LogP contribution in [0.25, 0.3) is 0 Å². The first kappa shape index (κ1) is 12.9. The summed E-state index contributed by atoms with van der Waals surface area (Å²) in [5, 5.41) is 12.2. The van der Waals surface area contributed by atoms with Crippen molar-refractivity contribution in [2.45, 2.75) is 25.1 Å². The molecule has 1 atom stereocenters. The number of aromatic nitrogens is 2. The molecule has 1 heterocycles. The van der Waals surface area contributed by atoms with Crippen LogP contribution < -0.4 is 11.1 Å². The Morgan fingerprint density at radius 1 is 1.44 bits per heavy atom. The minimum atomic E-state index is -4.64. The maximum Gasteiger partial charge on any atom is 0.451 e. The smallest absolute Gasteiger partial charge is 0.391 e. The molecule has 18 heavy (non-hydrogen) atoms. The summed E-state index contributed by atoms with van der Waals surface area (Å²) >= 11 is 0. The highest BCUT2D eigenvalue weighted by Gasteiger charge is 2.35. The van der Waals surface area contributed by atoms with Crippen LogP contribution in [0.2, 0.25) is 0 Å². The molecule has 1 unspecified atom stereocenters. The van der Waals surface area contributed by atoms with Crippen LogP contribution in [0.3, 0.4) is 0 Å². The van der Waals surface area contributed by atoms with Gasteiger partial charge in [0.15, 0.2) is 0 Å². The Bertz CT molecular complexity index is 434. The number of nitrogens with zero attached hydrogens (tertiary/aromatic N) is 2. The number of hydrogen-bond donors (Lipinski definition) is 3. The minimum absolute atomic E-state index is 0.0328. The molecule has 1 fully saturated rings. The van der Waals surface area contributed by atoms with E-state index < -0.39 is 18.1 Å². The third kappa shape index (κ3) is 3.22. The Morgan fingerprint density at radius 3 is 2.67 bits per heavy atom. The van der Waals surface area contributed by atoms with Gasteiger partial charge in [-0.2, -0.15) is 13.2 Å². The van der Waals surface area contributed by atoms with Gasteiger partial charge in [-0.05, 0) is 18.8 Å². The summed E-state index contributed by atoms with van der Waals surface area (Å²) in [5.41, 5.74) is 5.28. The Balaban J connectivity index is 2.05. The summed E-state index contributed by atoms with van der Waals surface area (Å²) in [7, 11) is 0. The fraction of sp³-hybridized carbons (Fsp3) is 0.600. The van der Waals surface area contributed by atoms with Crippen molar-refractivity contribution in [3.63, 3.8) is 0 Å². The second-order valence-electron chi connectivity index (χ2n) is 4.29. The van der Waals surface area contributed by atoms with Crippen molar-refractivity contribution in [3.8, 4) is 0 Å². The standard InChI is InChI=1S/C10H13F3N4O/c11-10(12,13)9-16-7(14)3-8(17-9)15-4-6(18)5-1-2-5/h3,5-6,18H,1-2,4H2,(H3,14,15,16,17). The zero-order chi connectivity index (χ0) is 13.3. The van der Waals surface area contributed by atoms with Crippen LogP contribution >= 0.6 is 0 Å². The third-order valence-electron chi connectivity index (χ3n) is 2.66. The number of aliphatic hydroxyl groups is 1. The van der Waals surface area contributed by atoms with Crippen molar-refractivity contribution in [2.75, 3.05) is 17.6 Å². The van der Waals surface area contributed by atoms with Crippen molar-refractivity contribution in [3.05, 3.63) is 11.9 Å². The van der Waals surface area contributed by atoms with Crippen LogP contribution in [0.1, 0.15) is 18.7 Å². The number of aliphatic hydroxyl groups excluding tert-OH is 1. The van der Waals surface area contributed by atoms with Gasteiger partial charge in [0.2, 0.25) is 5.82 Å². The van der Waals surface area contributed by atoms with E-state index in [0.717, 1.165) is 12.8 Å². The molecule has 1 aromatic rings. The summed E-state index contributed by atoms with van der Waals surface area (Å²) in [5.74, 6) is -1.35. The van der Waals surface area contributed by atoms with Crippen LogP contribution in [0, 0.1) is 5.92 Å². The third-order valence-corrected chi connectivity index (χ3v) is 2.66. The van der Waals surface area contributed by atoms with Crippen LogP contribution in [0.4, 0.5) is 24.8 Å². The first-order valence-electron chi connectivity index (χ1n) is 5.50. The predicted molar refractivity (Wildman–Crippen MR) is 58.7 cm³/mol. The Labute approximate surface area is 101 Å². The molecule has 0 bridgehead atoms. The minimum Gasteiger partial charge on any atom is -0.391 e. The summed E-state index contributed by atoms with van der Waals surface area (Å²) in [6.07, 6.45) is -3.32. The lowest BCUT2D eigenvalue weighted by Crippen LogP contribution is -2.23. The Morgan fingerprint density at radius 2 is 2.11 bits per heavy atom. The number of nitrogens with two attached hydrogens (primary N) is 1. The average Bonchev–Trinajstić information content (AvgIpc) is 3.07. The van der Waals surface area contributed by atoms with Crippen molar-refractivity contribution >= 4 is 11.6 Å². The maximum absolute atomic E-state index is 12.4. The molecular formula is C10H13F3N4O. The summed E-state index contributed by atoms with van der Waals surface area (Å²) in [6, 6.07) is 1.20. The number of nitrogens with one attached hydrogen (secondary N) is 1. The van der Waals surface area contributed by atoms with Gasteiger partial charge in [0.05, 0.1) is 6.10 Å². The zero-order valence-electron chi connectivity index (χ0n) is 9.41. The molecule has 1 aromatic heterocycles. The maximum atomic E-state index is 12.4. The molecule has 1 aliphatic carbocycles. The van der Waals surface area contributed by atoms with Crippen LogP contribution in [0.15, 0.2) is 6.07 Å². The molecule has 0 aliphatic heterocycles. The lowest BCUT2D eigenvalue weighted by Gasteiger charge is -2.13. The predicted octanol–water partition coefficient (Wildman–Crippen LogP) is 1.26. The molecule has 8 heteroatoms. The molecule has 0 radical (unpaired) electrons. The number of alkyl halides is 3. The van der Waals surface area contributed by atoms with Gasteiger partial charge in [-0.3, -0.25) is 0 Å². The van der Waals surface area contributed by atoms with E-state index in [2.05, 4.69) is 15.3 Å². The highest BCUT2D eigenvalue weighted by Crippen LogP contribution is 2.32. The van der Waals surface area contributed by atoms with Gasteiger partial charge in [-0.25, -0.2) is 9.97 Å². The molecule has 5 nitrogen and oxygen atoms in total. The van der Waals surface area contributed by atoms with Gasteiger partial charge in [0, 0.05) is 12.6 Å². The number of halogens is 3. The molecule has 0 spiro atoms. The van der Waals surface area contributed by atoms with Gasteiger partial charge in [-0.1, -0.05) is 0 Å². The highest BCUT2D eigenvalue weighted by atomic mass is 19.4. The van der Waals surface area contributed by atoms with E-state index in [1.165, 1.54) is 6.07 Å². The Hall–Kier alpha value is -1.57. The highest BCUT2D eigenvalue weighted by molar-refractivity contribution is 5.45. The van der Waals surface area contributed by atoms with E-state index in [4.69, 9.17) is 5.73 Å². The second kappa shape index (κ2) is 4.60. The molecule has 0 saturated heterocycles. The first-order chi connectivity index (χ1) is 8.36. The number of hydrogen-bond acceptors (Lipinski definition) is 5. The Kier molecular flexibility index (Phi) is 3.29. The molecule has 2 rings (SSSR count). The number of anilines is 2. The fourth-order valence-corrected chi connectivity index (χ4v) is 1.54. The molecule has 0 aromatic carbocycles. The molecule has 1 aliphatic rings. The SMILES string of the molecule is Nc1cc(NCC(O)C2CC2)nc(C(F)(F)F)n1. The summed E-state index contributed by atoms with van der Waals surface area (Å²) < 4.78 is 37.3. The van der Waals surface area contributed by atoms with E-state index in [1.807, 2.05) is 0 Å². The van der Waals surface area contributed by atoms with Gasteiger partial charge < -0.3 is 16.2 Å². The first-order valence-corrected chi connectivity index (χ1v) is 5.50. The molecule has 1 saturated carbocycles. The van der Waals surface area contributed by atoms with E-state index in [-0.39, 0.29) is 24.1 Å². The van der Waals surface area contributed by atoms with Crippen LogP contribution in [0.5, 0.6) is 0 Å². The van der Waals surface area contributed by atoms with Crippen LogP contribution in [-0.2, 0) is 6.18 Å². The summed E-state index contributed by atoms with van der Waals surface area (Å²) in [6.45, 7) is 0.151. The van der Waals surface area contributed by atoms with E-state index in [9.17, 15) is 18.3 Å². The number of rotatable bonds is 4.